The second-order valence-corrected chi connectivity index (χ2v) is 10.3. The predicted octanol–water partition coefficient (Wildman–Crippen LogP) is 4.28. The van der Waals surface area contributed by atoms with Gasteiger partial charge in [0.05, 0.1) is 4.90 Å². The minimum Gasteiger partial charge on any atom is -0.354 e. The van der Waals surface area contributed by atoms with Crippen molar-refractivity contribution in [3.63, 3.8) is 0 Å². The van der Waals surface area contributed by atoms with Gasteiger partial charge in [-0.3, -0.25) is 4.79 Å². The van der Waals surface area contributed by atoms with Crippen molar-refractivity contribution in [2.45, 2.75) is 75.6 Å². The molecule has 1 saturated heterocycles. The summed E-state index contributed by atoms with van der Waals surface area (Å²) in [5, 5.41) is 3.50. The van der Waals surface area contributed by atoms with E-state index in [4.69, 9.17) is 11.6 Å². The van der Waals surface area contributed by atoms with E-state index in [9.17, 15) is 13.2 Å². The summed E-state index contributed by atoms with van der Waals surface area (Å²) in [6.07, 6.45) is 9.36. The van der Waals surface area contributed by atoms with Gasteiger partial charge < -0.3 is 5.32 Å². The zero-order valence-corrected chi connectivity index (χ0v) is 18.2. The summed E-state index contributed by atoms with van der Waals surface area (Å²) in [4.78, 5) is 12.9. The third-order valence-corrected chi connectivity index (χ3v) is 8.62. The van der Waals surface area contributed by atoms with E-state index in [1.165, 1.54) is 19.3 Å². The van der Waals surface area contributed by atoms with Gasteiger partial charge in [-0.2, -0.15) is 4.31 Å². The molecule has 3 rings (SSSR count). The summed E-state index contributed by atoms with van der Waals surface area (Å²) >= 11 is 6.14. The van der Waals surface area contributed by atoms with Gasteiger partial charge in [0, 0.05) is 30.1 Å². The molecule has 1 amide bonds. The number of carbonyl (C=O) groups is 1. The number of nitrogens with one attached hydrogen (secondary N) is 1. The minimum atomic E-state index is -3.63. The molecule has 1 aliphatic carbocycles. The summed E-state index contributed by atoms with van der Waals surface area (Å²) in [5.41, 5.74) is 0.577. The van der Waals surface area contributed by atoms with Crippen LogP contribution < -0.4 is 5.32 Å². The highest BCUT2D eigenvalue weighted by Crippen LogP contribution is 2.30. The summed E-state index contributed by atoms with van der Waals surface area (Å²) < 4.78 is 28.0. The van der Waals surface area contributed by atoms with E-state index in [0.29, 0.717) is 23.7 Å². The first-order chi connectivity index (χ1) is 13.4. The van der Waals surface area contributed by atoms with Crippen LogP contribution in [0.2, 0.25) is 5.02 Å². The zero-order valence-electron chi connectivity index (χ0n) is 16.6. The maximum absolute atomic E-state index is 13.2. The summed E-state index contributed by atoms with van der Waals surface area (Å²) in [5.74, 6) is 0.159. The van der Waals surface area contributed by atoms with Gasteiger partial charge in [0.15, 0.2) is 0 Å². The Morgan fingerprint density at radius 2 is 1.79 bits per heavy atom. The van der Waals surface area contributed by atoms with Crippen LogP contribution in [0.5, 0.6) is 0 Å². The van der Waals surface area contributed by atoms with Crippen LogP contribution in [0.1, 0.15) is 63.4 Å². The predicted molar refractivity (Wildman–Crippen MR) is 112 cm³/mol. The number of amides is 1. The van der Waals surface area contributed by atoms with Crippen LogP contribution in [0.3, 0.4) is 0 Å². The molecule has 156 valence electrons. The molecular weight excluding hydrogens is 396 g/mol. The maximum Gasteiger partial charge on any atom is 0.243 e. The van der Waals surface area contributed by atoms with Gasteiger partial charge in [0.1, 0.15) is 0 Å². The molecule has 5 nitrogen and oxygen atoms in total. The number of hydrogen-bond donors (Lipinski definition) is 1. The van der Waals surface area contributed by atoms with Crippen LogP contribution in [0, 0.1) is 12.8 Å². The van der Waals surface area contributed by atoms with Crippen molar-refractivity contribution < 1.29 is 13.2 Å². The molecule has 1 heterocycles. The fraction of sp³-hybridized carbons (Fsp3) is 0.667. The number of sulfonamides is 1. The average Bonchev–Trinajstić information content (AvgIpc) is 3.11. The average molecular weight is 427 g/mol. The molecule has 1 aromatic carbocycles. The van der Waals surface area contributed by atoms with Crippen LogP contribution in [-0.4, -0.2) is 37.8 Å². The van der Waals surface area contributed by atoms with E-state index in [2.05, 4.69) is 5.32 Å². The Balaban J connectivity index is 1.65. The van der Waals surface area contributed by atoms with Crippen molar-refractivity contribution in [1.29, 1.82) is 0 Å². The van der Waals surface area contributed by atoms with Gasteiger partial charge in [-0.25, -0.2) is 8.42 Å². The van der Waals surface area contributed by atoms with E-state index in [0.717, 1.165) is 38.5 Å². The summed E-state index contributed by atoms with van der Waals surface area (Å²) in [6.45, 7) is 2.60. The smallest absolute Gasteiger partial charge is 0.243 e. The lowest BCUT2D eigenvalue weighted by atomic mass is 9.90. The third-order valence-electron chi connectivity index (χ3n) is 6.12. The Morgan fingerprint density at radius 3 is 2.50 bits per heavy atom. The molecule has 7 heteroatoms. The SMILES string of the molecule is Cc1c(Cl)cccc1S(=O)(=O)N1CCCC1CNC(=O)C1CCCCCCC1. The van der Waals surface area contributed by atoms with E-state index >= 15 is 0 Å². The molecule has 2 aliphatic rings. The molecular formula is C21H31ClN2O3S. The highest BCUT2D eigenvalue weighted by molar-refractivity contribution is 7.89. The Kier molecular flexibility index (Phi) is 7.40. The second kappa shape index (κ2) is 9.59. The van der Waals surface area contributed by atoms with Crippen molar-refractivity contribution >= 4 is 27.5 Å². The van der Waals surface area contributed by atoms with Crippen molar-refractivity contribution in [3.8, 4) is 0 Å². The van der Waals surface area contributed by atoms with Gasteiger partial charge in [0.2, 0.25) is 15.9 Å². The minimum absolute atomic E-state index is 0.0712. The topological polar surface area (TPSA) is 66.5 Å². The fourth-order valence-electron chi connectivity index (χ4n) is 4.40. The van der Waals surface area contributed by atoms with Gasteiger partial charge in [0.25, 0.3) is 0 Å². The normalized spacial score (nSPS) is 22.6. The molecule has 0 bridgehead atoms. The van der Waals surface area contributed by atoms with Gasteiger partial charge in [-0.05, 0) is 50.3 Å². The fourth-order valence-corrected chi connectivity index (χ4v) is 6.58. The monoisotopic (exact) mass is 426 g/mol. The lowest BCUT2D eigenvalue weighted by molar-refractivity contribution is -0.125. The van der Waals surface area contributed by atoms with E-state index in [-0.39, 0.29) is 22.8 Å². The largest absolute Gasteiger partial charge is 0.354 e. The van der Waals surface area contributed by atoms with Gasteiger partial charge in [-0.15, -0.1) is 0 Å². The Labute approximate surface area is 173 Å². The van der Waals surface area contributed by atoms with Gasteiger partial charge in [-0.1, -0.05) is 49.8 Å². The summed E-state index contributed by atoms with van der Waals surface area (Å²) in [6, 6.07) is 4.79. The van der Waals surface area contributed by atoms with E-state index in [1.54, 1.807) is 29.4 Å². The maximum atomic E-state index is 13.2. The number of carbonyl (C=O) groups excluding carboxylic acids is 1. The Bertz CT molecular complexity index is 789. The number of halogens is 1. The first-order valence-electron chi connectivity index (χ1n) is 10.5. The number of nitrogens with zero attached hydrogens (tertiary/aromatic N) is 1. The van der Waals surface area contributed by atoms with Crippen LogP contribution in [0.15, 0.2) is 23.1 Å². The zero-order chi connectivity index (χ0) is 20.1. The number of rotatable bonds is 5. The molecule has 1 unspecified atom stereocenters. The standard InChI is InChI=1S/C21H31ClN2O3S/c1-16-19(22)12-7-13-20(16)28(26,27)24-14-8-11-18(24)15-23-21(25)17-9-5-3-2-4-6-10-17/h7,12-13,17-18H,2-6,8-11,14-15H2,1H3,(H,23,25). The first kappa shape index (κ1) is 21.6. The van der Waals surface area contributed by atoms with Crippen molar-refractivity contribution in [2.24, 2.45) is 5.92 Å². The van der Waals surface area contributed by atoms with Crippen LogP contribution >= 0.6 is 11.6 Å². The van der Waals surface area contributed by atoms with E-state index in [1.807, 2.05) is 0 Å². The van der Waals surface area contributed by atoms with E-state index < -0.39 is 10.0 Å². The highest BCUT2D eigenvalue weighted by Gasteiger charge is 2.36. The molecule has 1 aromatic rings. The molecule has 1 saturated carbocycles. The molecule has 0 radical (unpaired) electrons. The van der Waals surface area contributed by atoms with Crippen LogP contribution in [-0.2, 0) is 14.8 Å². The van der Waals surface area contributed by atoms with Crippen LogP contribution in [0.4, 0.5) is 0 Å². The number of benzene rings is 1. The molecule has 0 aromatic heterocycles. The third kappa shape index (κ3) is 4.89. The second-order valence-electron chi connectivity index (χ2n) is 8.06. The molecule has 1 atom stereocenters. The molecule has 1 N–H and O–H groups in total. The molecule has 28 heavy (non-hydrogen) atoms. The lowest BCUT2D eigenvalue weighted by Gasteiger charge is -2.26. The van der Waals surface area contributed by atoms with Crippen molar-refractivity contribution in [3.05, 3.63) is 28.8 Å². The highest BCUT2D eigenvalue weighted by atomic mass is 35.5. The van der Waals surface area contributed by atoms with Gasteiger partial charge >= 0.3 is 0 Å². The summed E-state index contributed by atoms with van der Waals surface area (Å²) in [7, 11) is -3.63. The molecule has 2 fully saturated rings. The van der Waals surface area contributed by atoms with Crippen LogP contribution in [0.25, 0.3) is 0 Å². The Hall–Kier alpha value is -1.11. The molecule has 0 spiro atoms. The van der Waals surface area contributed by atoms with Crippen molar-refractivity contribution in [1.82, 2.24) is 9.62 Å². The first-order valence-corrected chi connectivity index (χ1v) is 12.3. The Morgan fingerprint density at radius 1 is 1.11 bits per heavy atom. The van der Waals surface area contributed by atoms with Crippen molar-refractivity contribution in [2.75, 3.05) is 13.1 Å². The molecule has 1 aliphatic heterocycles. The lowest BCUT2D eigenvalue weighted by Crippen LogP contribution is -2.44. The quantitative estimate of drug-likeness (QED) is 0.764. The number of hydrogen-bond acceptors (Lipinski definition) is 3.